The first-order valence-corrected chi connectivity index (χ1v) is 8.79. The second kappa shape index (κ2) is 5.83. The molecule has 2 unspecified atom stereocenters. The van der Waals surface area contributed by atoms with Crippen molar-refractivity contribution in [2.75, 3.05) is 12.3 Å². The van der Waals surface area contributed by atoms with Gasteiger partial charge in [0.2, 0.25) is 10.0 Å². The second-order valence-corrected chi connectivity index (χ2v) is 8.04. The third kappa shape index (κ3) is 2.81. The van der Waals surface area contributed by atoms with Crippen LogP contribution in [0.4, 0.5) is 0 Å². The van der Waals surface area contributed by atoms with E-state index in [2.05, 4.69) is 6.92 Å². The van der Waals surface area contributed by atoms with Gasteiger partial charge in [-0.25, -0.2) is 8.42 Å². The third-order valence-electron chi connectivity index (χ3n) is 3.56. The van der Waals surface area contributed by atoms with Crippen LogP contribution in [0.3, 0.4) is 0 Å². The molecule has 0 bridgehead atoms. The van der Waals surface area contributed by atoms with E-state index in [0.717, 1.165) is 5.75 Å². The van der Waals surface area contributed by atoms with Crippen LogP contribution in [-0.4, -0.2) is 41.4 Å². The van der Waals surface area contributed by atoms with Crippen molar-refractivity contribution in [1.82, 2.24) is 4.31 Å². The molecule has 0 aliphatic carbocycles. The first kappa shape index (κ1) is 14.8. The molecule has 0 radical (unpaired) electrons. The zero-order chi connectivity index (χ0) is 14.0. The predicted octanol–water partition coefficient (Wildman–Crippen LogP) is 1.69. The molecule has 0 aromatic heterocycles. The lowest BCUT2D eigenvalue weighted by Gasteiger charge is -2.36. The van der Waals surface area contributed by atoms with E-state index in [4.69, 9.17) is 0 Å². The minimum Gasteiger partial charge on any atom is -0.392 e. The van der Waals surface area contributed by atoms with Gasteiger partial charge in [0.05, 0.1) is 11.5 Å². The molecule has 1 N–H and O–H groups in total. The monoisotopic (exact) mass is 301 g/mol. The molecule has 1 aromatic carbocycles. The lowest BCUT2D eigenvalue weighted by Crippen LogP contribution is -2.48. The van der Waals surface area contributed by atoms with E-state index < -0.39 is 10.0 Å². The highest BCUT2D eigenvalue weighted by Gasteiger charge is 2.35. The summed E-state index contributed by atoms with van der Waals surface area (Å²) >= 11 is 1.80. The van der Waals surface area contributed by atoms with Crippen LogP contribution in [0.5, 0.6) is 0 Å². The number of hydrogen-bond acceptors (Lipinski definition) is 4. The Morgan fingerprint density at radius 1 is 1.37 bits per heavy atom. The van der Waals surface area contributed by atoms with Gasteiger partial charge in [0.15, 0.2) is 0 Å². The average Bonchev–Trinajstić information content (AvgIpc) is 2.41. The lowest BCUT2D eigenvalue weighted by atomic mass is 10.2. The third-order valence-corrected chi connectivity index (χ3v) is 6.98. The number of nitrogens with zero attached hydrogens (tertiary/aromatic N) is 1. The van der Waals surface area contributed by atoms with Gasteiger partial charge in [0.25, 0.3) is 0 Å². The number of sulfonamides is 1. The van der Waals surface area contributed by atoms with Crippen LogP contribution >= 0.6 is 11.8 Å². The summed E-state index contributed by atoms with van der Waals surface area (Å²) in [7, 11) is -3.53. The first-order chi connectivity index (χ1) is 8.98. The van der Waals surface area contributed by atoms with Gasteiger partial charge in [-0.05, 0) is 18.6 Å². The van der Waals surface area contributed by atoms with Crippen LogP contribution < -0.4 is 0 Å². The molecule has 2 atom stereocenters. The highest BCUT2D eigenvalue weighted by atomic mass is 32.2. The Kier molecular flexibility index (Phi) is 4.55. The molecule has 6 heteroatoms. The summed E-state index contributed by atoms with van der Waals surface area (Å²) in [6.45, 7) is 4.26. The Balaban J connectivity index is 2.42. The van der Waals surface area contributed by atoms with Crippen molar-refractivity contribution in [2.45, 2.75) is 36.6 Å². The Hall–Kier alpha value is -0.560. The highest BCUT2D eigenvalue weighted by molar-refractivity contribution is 8.00. The standard InChI is InChI=1S/C13H19NO3S2/c1-10-11(2)18-8-7-14(10)19(16,17)13-6-4-3-5-12(13)9-15/h3-6,10-11,15H,7-9H2,1-2H3. The average molecular weight is 301 g/mol. The van der Waals surface area contributed by atoms with Crippen molar-refractivity contribution in [3.05, 3.63) is 29.8 Å². The number of benzene rings is 1. The van der Waals surface area contributed by atoms with Crippen LogP contribution in [0.25, 0.3) is 0 Å². The summed E-state index contributed by atoms with van der Waals surface area (Å²) in [5.74, 6) is 0.812. The van der Waals surface area contributed by atoms with E-state index in [9.17, 15) is 13.5 Å². The van der Waals surface area contributed by atoms with E-state index in [0.29, 0.717) is 12.1 Å². The van der Waals surface area contributed by atoms with Crippen LogP contribution in [-0.2, 0) is 16.6 Å². The fraction of sp³-hybridized carbons (Fsp3) is 0.538. The minimum atomic E-state index is -3.53. The molecule has 0 amide bonds. The molecule has 1 aliphatic rings. The zero-order valence-corrected chi connectivity index (χ0v) is 12.7. The van der Waals surface area contributed by atoms with Crippen molar-refractivity contribution in [3.63, 3.8) is 0 Å². The summed E-state index contributed by atoms with van der Waals surface area (Å²) < 4.78 is 27.0. The fourth-order valence-corrected chi connectivity index (χ4v) is 5.47. The summed E-state index contributed by atoms with van der Waals surface area (Å²) in [4.78, 5) is 0.225. The zero-order valence-electron chi connectivity index (χ0n) is 11.1. The SMILES string of the molecule is CC1SCCN(S(=O)(=O)c2ccccc2CO)C1C. The molecular weight excluding hydrogens is 282 g/mol. The highest BCUT2D eigenvalue weighted by Crippen LogP contribution is 2.30. The summed E-state index contributed by atoms with van der Waals surface area (Å²) in [5.41, 5.74) is 0.459. The molecule has 4 nitrogen and oxygen atoms in total. The quantitative estimate of drug-likeness (QED) is 0.923. The molecule has 1 aliphatic heterocycles. The molecule has 2 rings (SSSR count). The Bertz CT molecular complexity index is 545. The van der Waals surface area contributed by atoms with Gasteiger partial charge in [-0.2, -0.15) is 16.1 Å². The van der Waals surface area contributed by atoms with Crippen molar-refractivity contribution in [3.8, 4) is 0 Å². The maximum atomic E-state index is 12.7. The maximum absolute atomic E-state index is 12.7. The fourth-order valence-electron chi connectivity index (χ4n) is 2.26. The molecule has 1 saturated heterocycles. The molecule has 1 heterocycles. The van der Waals surface area contributed by atoms with Gasteiger partial charge >= 0.3 is 0 Å². The Morgan fingerprint density at radius 2 is 2.05 bits per heavy atom. The van der Waals surface area contributed by atoms with E-state index in [-0.39, 0.29) is 22.8 Å². The largest absolute Gasteiger partial charge is 0.392 e. The summed E-state index contributed by atoms with van der Waals surface area (Å²) in [6, 6.07) is 6.62. The Morgan fingerprint density at radius 3 is 2.74 bits per heavy atom. The second-order valence-electron chi connectivity index (χ2n) is 4.70. The van der Waals surface area contributed by atoms with Gasteiger partial charge in [0, 0.05) is 23.6 Å². The van der Waals surface area contributed by atoms with Crippen LogP contribution in [0.15, 0.2) is 29.2 Å². The van der Waals surface area contributed by atoms with E-state index in [1.54, 1.807) is 40.3 Å². The number of aliphatic hydroxyl groups excluding tert-OH is 1. The van der Waals surface area contributed by atoms with Crippen LogP contribution in [0.2, 0.25) is 0 Å². The molecular formula is C13H19NO3S2. The van der Waals surface area contributed by atoms with Gasteiger partial charge in [-0.15, -0.1) is 0 Å². The van der Waals surface area contributed by atoms with Crippen LogP contribution in [0.1, 0.15) is 19.4 Å². The summed E-state index contributed by atoms with van der Waals surface area (Å²) in [5, 5.41) is 9.59. The number of hydrogen-bond donors (Lipinski definition) is 1. The van der Waals surface area contributed by atoms with Crippen LogP contribution in [0, 0.1) is 0 Å². The normalized spacial score (nSPS) is 25.4. The van der Waals surface area contributed by atoms with Crippen molar-refractivity contribution in [2.24, 2.45) is 0 Å². The van der Waals surface area contributed by atoms with Gasteiger partial charge in [-0.3, -0.25) is 0 Å². The van der Waals surface area contributed by atoms with Gasteiger partial charge in [-0.1, -0.05) is 25.1 Å². The lowest BCUT2D eigenvalue weighted by molar-refractivity contribution is 0.277. The minimum absolute atomic E-state index is 0.0319. The molecule has 1 fully saturated rings. The molecule has 19 heavy (non-hydrogen) atoms. The topological polar surface area (TPSA) is 57.6 Å². The van der Waals surface area contributed by atoms with E-state index in [1.165, 1.54) is 0 Å². The van der Waals surface area contributed by atoms with Crippen molar-refractivity contribution < 1.29 is 13.5 Å². The molecule has 0 saturated carbocycles. The van der Waals surface area contributed by atoms with Gasteiger partial charge < -0.3 is 5.11 Å². The molecule has 1 aromatic rings. The maximum Gasteiger partial charge on any atom is 0.243 e. The van der Waals surface area contributed by atoms with E-state index in [1.807, 2.05) is 6.92 Å². The summed E-state index contributed by atoms with van der Waals surface area (Å²) in [6.07, 6.45) is 0. The van der Waals surface area contributed by atoms with Crippen molar-refractivity contribution >= 4 is 21.8 Å². The number of aliphatic hydroxyl groups is 1. The van der Waals surface area contributed by atoms with Crippen molar-refractivity contribution in [1.29, 1.82) is 0 Å². The Labute approximate surface area is 118 Å². The van der Waals surface area contributed by atoms with Gasteiger partial charge in [0.1, 0.15) is 0 Å². The van der Waals surface area contributed by atoms with E-state index >= 15 is 0 Å². The predicted molar refractivity (Wildman–Crippen MR) is 77.6 cm³/mol. The number of thioether (sulfide) groups is 1. The first-order valence-electron chi connectivity index (χ1n) is 6.30. The molecule has 106 valence electrons. The molecule has 0 spiro atoms. The smallest absolute Gasteiger partial charge is 0.243 e. The number of rotatable bonds is 3.